The second kappa shape index (κ2) is 8.61. The number of amides is 1. The summed E-state index contributed by atoms with van der Waals surface area (Å²) in [6, 6.07) is 17.5. The largest absolute Gasteiger partial charge is 0.323 e. The molecule has 1 unspecified atom stereocenters. The third kappa shape index (κ3) is 4.48. The van der Waals surface area contributed by atoms with Gasteiger partial charge in [-0.3, -0.25) is 9.59 Å². The highest BCUT2D eigenvalue weighted by Crippen LogP contribution is 2.30. The quantitative estimate of drug-likeness (QED) is 0.450. The summed E-state index contributed by atoms with van der Waals surface area (Å²) in [5.41, 5.74) is 3.67. The van der Waals surface area contributed by atoms with Gasteiger partial charge in [0.1, 0.15) is 11.4 Å². The van der Waals surface area contributed by atoms with E-state index in [-0.39, 0.29) is 18.0 Å². The molecule has 6 nitrogen and oxygen atoms in total. The molecule has 1 atom stereocenters. The SMILES string of the molecule is Cc1ccc(NC(=O)C[NH+](C)Cc2nc3scc(-c4ccccc4)c3c(=O)[nH]2)cc1. The fourth-order valence-corrected chi connectivity index (χ4v) is 4.34. The van der Waals surface area contributed by atoms with Crippen LogP contribution in [-0.2, 0) is 11.3 Å². The van der Waals surface area contributed by atoms with Gasteiger partial charge in [-0.15, -0.1) is 11.3 Å². The molecule has 4 aromatic rings. The Hall–Kier alpha value is -3.29. The van der Waals surface area contributed by atoms with Gasteiger partial charge in [-0.05, 0) is 24.6 Å². The second-order valence-electron chi connectivity index (χ2n) is 7.43. The molecule has 1 amide bonds. The first-order chi connectivity index (χ1) is 14.5. The Morgan fingerprint density at radius 2 is 1.87 bits per heavy atom. The molecule has 152 valence electrons. The zero-order valence-electron chi connectivity index (χ0n) is 16.9. The number of likely N-dealkylation sites (N-methyl/N-ethyl adjacent to an activating group) is 1. The standard InChI is InChI=1S/C23H22N4O2S/c1-15-8-10-17(11-9-15)24-20(28)13-27(2)12-19-25-22(29)21-18(14-30-23(21)26-19)16-6-4-3-5-7-16/h3-11,14H,12-13H2,1-2H3,(H,24,28)(H,25,26,29)/p+1. The van der Waals surface area contributed by atoms with E-state index in [1.54, 1.807) is 0 Å². The number of aromatic amines is 1. The highest BCUT2D eigenvalue weighted by molar-refractivity contribution is 7.17. The number of fused-ring (bicyclic) bond motifs is 1. The van der Waals surface area contributed by atoms with Crippen molar-refractivity contribution in [2.45, 2.75) is 13.5 Å². The van der Waals surface area contributed by atoms with Gasteiger partial charge in [0, 0.05) is 16.6 Å². The Balaban J connectivity index is 1.46. The minimum atomic E-state index is -0.146. The minimum absolute atomic E-state index is 0.0812. The number of nitrogens with zero attached hydrogens (tertiary/aromatic N) is 1. The summed E-state index contributed by atoms with van der Waals surface area (Å²) in [4.78, 5) is 34.2. The van der Waals surface area contributed by atoms with Crippen molar-refractivity contribution in [2.24, 2.45) is 0 Å². The second-order valence-corrected chi connectivity index (χ2v) is 8.29. The van der Waals surface area contributed by atoms with E-state index in [9.17, 15) is 9.59 Å². The Morgan fingerprint density at radius 1 is 1.13 bits per heavy atom. The van der Waals surface area contributed by atoms with Gasteiger partial charge in [-0.25, -0.2) is 4.98 Å². The van der Waals surface area contributed by atoms with Gasteiger partial charge in [0.25, 0.3) is 11.5 Å². The van der Waals surface area contributed by atoms with Crippen molar-refractivity contribution in [3.63, 3.8) is 0 Å². The molecule has 30 heavy (non-hydrogen) atoms. The summed E-state index contributed by atoms with van der Waals surface area (Å²) >= 11 is 1.46. The number of aromatic nitrogens is 2. The van der Waals surface area contributed by atoms with Crippen molar-refractivity contribution in [2.75, 3.05) is 18.9 Å². The van der Waals surface area contributed by atoms with Crippen LogP contribution >= 0.6 is 11.3 Å². The van der Waals surface area contributed by atoms with Crippen LogP contribution in [0.5, 0.6) is 0 Å². The minimum Gasteiger partial charge on any atom is -0.323 e. The van der Waals surface area contributed by atoms with Crippen LogP contribution < -0.4 is 15.8 Å². The maximum atomic E-state index is 12.7. The molecular weight excluding hydrogens is 396 g/mol. The van der Waals surface area contributed by atoms with Crippen molar-refractivity contribution in [1.82, 2.24) is 9.97 Å². The topological polar surface area (TPSA) is 79.3 Å². The van der Waals surface area contributed by atoms with Gasteiger partial charge < -0.3 is 15.2 Å². The van der Waals surface area contributed by atoms with Crippen LogP contribution in [0, 0.1) is 6.92 Å². The van der Waals surface area contributed by atoms with Crippen LogP contribution in [0.2, 0.25) is 0 Å². The number of quaternary nitrogens is 1. The summed E-state index contributed by atoms with van der Waals surface area (Å²) in [5.74, 6) is 0.497. The van der Waals surface area contributed by atoms with Crippen LogP contribution in [0.15, 0.2) is 64.8 Å². The number of hydrogen-bond donors (Lipinski definition) is 3. The summed E-state index contributed by atoms with van der Waals surface area (Å²) in [7, 11) is 1.91. The van der Waals surface area contributed by atoms with Gasteiger partial charge in [-0.1, -0.05) is 48.0 Å². The number of carbonyl (C=O) groups excluding carboxylic acids is 1. The molecule has 0 bridgehead atoms. The van der Waals surface area contributed by atoms with Gasteiger partial charge in [-0.2, -0.15) is 0 Å². The molecule has 0 spiro atoms. The first-order valence-corrected chi connectivity index (χ1v) is 10.6. The lowest BCUT2D eigenvalue weighted by Crippen LogP contribution is -3.08. The number of rotatable bonds is 6. The lowest BCUT2D eigenvalue weighted by molar-refractivity contribution is -0.885. The smallest absolute Gasteiger partial charge is 0.279 e. The van der Waals surface area contributed by atoms with Crippen molar-refractivity contribution in [3.8, 4) is 11.1 Å². The lowest BCUT2D eigenvalue weighted by atomic mass is 10.1. The van der Waals surface area contributed by atoms with E-state index in [0.29, 0.717) is 22.6 Å². The van der Waals surface area contributed by atoms with E-state index in [4.69, 9.17) is 0 Å². The summed E-state index contributed by atoms with van der Waals surface area (Å²) in [6.07, 6.45) is 0. The molecule has 4 rings (SSSR count). The molecule has 7 heteroatoms. The molecule has 0 aliphatic rings. The van der Waals surface area contributed by atoms with E-state index in [2.05, 4.69) is 15.3 Å². The highest BCUT2D eigenvalue weighted by atomic mass is 32.1. The number of anilines is 1. The Labute approximate surface area is 178 Å². The number of benzene rings is 2. The number of carbonyl (C=O) groups is 1. The van der Waals surface area contributed by atoms with Gasteiger partial charge in [0.15, 0.2) is 12.4 Å². The first-order valence-electron chi connectivity index (χ1n) is 9.73. The van der Waals surface area contributed by atoms with Crippen LogP contribution in [0.4, 0.5) is 5.69 Å². The molecule has 3 N–H and O–H groups in total. The molecular formula is C23H23N4O2S+. The highest BCUT2D eigenvalue weighted by Gasteiger charge is 2.16. The van der Waals surface area contributed by atoms with E-state index in [1.165, 1.54) is 11.3 Å². The van der Waals surface area contributed by atoms with E-state index in [1.807, 2.05) is 73.9 Å². The number of hydrogen-bond acceptors (Lipinski definition) is 4. The Bertz CT molecular complexity index is 1230. The van der Waals surface area contributed by atoms with Crippen molar-refractivity contribution < 1.29 is 9.69 Å². The molecule has 0 saturated heterocycles. The van der Waals surface area contributed by atoms with E-state index in [0.717, 1.165) is 27.3 Å². The molecule has 0 radical (unpaired) electrons. The Kier molecular flexibility index (Phi) is 5.74. The molecule has 0 aliphatic heterocycles. The van der Waals surface area contributed by atoms with E-state index < -0.39 is 0 Å². The zero-order valence-corrected chi connectivity index (χ0v) is 17.7. The van der Waals surface area contributed by atoms with Gasteiger partial charge >= 0.3 is 0 Å². The number of thiophene rings is 1. The lowest BCUT2D eigenvalue weighted by Gasteiger charge is -2.13. The normalized spacial score (nSPS) is 12.1. The van der Waals surface area contributed by atoms with Crippen LogP contribution in [0.1, 0.15) is 11.4 Å². The summed E-state index contributed by atoms with van der Waals surface area (Å²) < 4.78 is 0. The first kappa shape index (κ1) is 20.0. The van der Waals surface area contributed by atoms with Crippen molar-refractivity contribution in [1.29, 1.82) is 0 Å². The van der Waals surface area contributed by atoms with Crippen LogP contribution in [0.25, 0.3) is 21.3 Å². The Morgan fingerprint density at radius 3 is 2.60 bits per heavy atom. The van der Waals surface area contributed by atoms with Gasteiger partial charge in [0.05, 0.1) is 12.4 Å². The molecule has 0 fully saturated rings. The number of H-pyrrole nitrogens is 1. The van der Waals surface area contributed by atoms with Crippen LogP contribution in [-0.4, -0.2) is 29.5 Å². The fourth-order valence-electron chi connectivity index (χ4n) is 3.37. The summed E-state index contributed by atoms with van der Waals surface area (Å²) in [6.45, 7) is 2.73. The average molecular weight is 420 g/mol. The molecule has 2 heterocycles. The molecule has 2 aromatic carbocycles. The fraction of sp³-hybridized carbons (Fsp3) is 0.174. The monoisotopic (exact) mass is 419 g/mol. The van der Waals surface area contributed by atoms with Crippen molar-refractivity contribution >= 4 is 33.1 Å². The van der Waals surface area contributed by atoms with E-state index >= 15 is 0 Å². The molecule has 2 aromatic heterocycles. The maximum absolute atomic E-state index is 12.7. The molecule has 0 aliphatic carbocycles. The van der Waals surface area contributed by atoms with Crippen molar-refractivity contribution in [3.05, 3.63) is 81.7 Å². The third-order valence-corrected chi connectivity index (χ3v) is 5.72. The maximum Gasteiger partial charge on any atom is 0.279 e. The average Bonchev–Trinajstić information content (AvgIpc) is 3.15. The number of aryl methyl sites for hydroxylation is 1. The molecule has 0 saturated carbocycles. The number of nitrogens with one attached hydrogen (secondary N) is 3. The zero-order chi connectivity index (χ0) is 21.1. The predicted octanol–water partition coefficient (Wildman–Crippen LogP) is 2.61. The van der Waals surface area contributed by atoms with Crippen LogP contribution in [0.3, 0.4) is 0 Å². The summed E-state index contributed by atoms with van der Waals surface area (Å²) in [5, 5.41) is 5.48. The third-order valence-electron chi connectivity index (χ3n) is 4.84. The predicted molar refractivity (Wildman–Crippen MR) is 121 cm³/mol. The van der Waals surface area contributed by atoms with Gasteiger partial charge in [0.2, 0.25) is 0 Å².